The van der Waals surface area contributed by atoms with Crippen LogP contribution in [0.15, 0.2) is 0 Å². The van der Waals surface area contributed by atoms with Gasteiger partial charge in [-0.05, 0) is 24.9 Å². The molecule has 0 radical (unpaired) electrons. The second-order valence-corrected chi connectivity index (χ2v) is 7.58. The van der Waals surface area contributed by atoms with Crippen LogP contribution in [0.3, 0.4) is 0 Å². The summed E-state index contributed by atoms with van der Waals surface area (Å²) in [5.41, 5.74) is 0. The molecule has 0 saturated heterocycles. The van der Waals surface area contributed by atoms with Crippen molar-refractivity contribution in [3.05, 3.63) is 0 Å². The number of alkyl halides is 3. The summed E-state index contributed by atoms with van der Waals surface area (Å²) >= 11 is 1.45. The van der Waals surface area contributed by atoms with Crippen molar-refractivity contribution in [3.8, 4) is 0 Å². The molecule has 0 aliphatic rings. The van der Waals surface area contributed by atoms with Crippen molar-refractivity contribution in [1.82, 2.24) is 0 Å². The lowest BCUT2D eigenvalue weighted by molar-refractivity contribution is -0.135. The van der Waals surface area contributed by atoms with E-state index in [2.05, 4.69) is 0 Å². The van der Waals surface area contributed by atoms with Gasteiger partial charge in [0.05, 0.1) is 6.61 Å². The first-order chi connectivity index (χ1) is 12.1. The van der Waals surface area contributed by atoms with E-state index in [0.29, 0.717) is 6.42 Å². The lowest BCUT2D eigenvalue weighted by Gasteiger charge is -2.05. The van der Waals surface area contributed by atoms with Crippen LogP contribution in [0.25, 0.3) is 0 Å². The summed E-state index contributed by atoms with van der Waals surface area (Å²) in [6.07, 6.45) is 16.1. The Labute approximate surface area is 158 Å². The van der Waals surface area contributed by atoms with Crippen molar-refractivity contribution in [1.29, 1.82) is 0 Å². The fourth-order valence-electron chi connectivity index (χ4n) is 3.04. The molecule has 0 aromatic carbocycles. The van der Waals surface area contributed by atoms with Crippen LogP contribution in [0.4, 0.5) is 13.2 Å². The second-order valence-electron chi connectivity index (χ2n) is 7.01. The molecule has 1 nitrogen and oxygen atoms in total. The first-order valence-electron chi connectivity index (χ1n) is 10.3. The van der Waals surface area contributed by atoms with E-state index in [-0.39, 0.29) is 0 Å². The molecule has 0 fully saturated rings. The van der Waals surface area contributed by atoms with Crippen LogP contribution in [-0.4, -0.2) is 19.0 Å². The Hall–Kier alpha value is 0.100. The molecule has 0 aromatic heterocycles. The maximum absolute atomic E-state index is 12.0. The normalized spacial score (nSPS) is 12.0. The number of rotatable bonds is 19. The molecule has 0 spiro atoms. The van der Waals surface area contributed by atoms with Crippen LogP contribution in [-0.2, 0) is 4.18 Å². The average molecular weight is 385 g/mol. The topological polar surface area (TPSA) is 9.23 Å². The highest BCUT2D eigenvalue weighted by Gasteiger charge is 2.25. The van der Waals surface area contributed by atoms with Crippen LogP contribution in [0.2, 0.25) is 0 Å². The van der Waals surface area contributed by atoms with Gasteiger partial charge in [0.2, 0.25) is 0 Å². The van der Waals surface area contributed by atoms with Crippen LogP contribution in [0.1, 0.15) is 109 Å². The zero-order valence-electron chi connectivity index (χ0n) is 16.2. The van der Waals surface area contributed by atoms with Crippen molar-refractivity contribution in [2.75, 3.05) is 12.9 Å². The number of hydrogen-bond acceptors (Lipinski definition) is 2. The van der Waals surface area contributed by atoms with E-state index >= 15 is 0 Å². The van der Waals surface area contributed by atoms with Gasteiger partial charge in [-0.25, -0.2) is 0 Å². The van der Waals surface area contributed by atoms with Gasteiger partial charge in [-0.1, -0.05) is 89.9 Å². The van der Waals surface area contributed by atoms with E-state index in [9.17, 15) is 13.2 Å². The third kappa shape index (κ3) is 24.1. The summed E-state index contributed by atoms with van der Waals surface area (Å²) < 4.78 is 41.2. The van der Waals surface area contributed by atoms with Gasteiger partial charge in [-0.2, -0.15) is 13.2 Å². The van der Waals surface area contributed by atoms with Crippen molar-refractivity contribution in [3.63, 3.8) is 0 Å². The Bertz CT molecular complexity index is 260. The van der Waals surface area contributed by atoms with Gasteiger partial charge < -0.3 is 4.18 Å². The summed E-state index contributed by atoms with van der Waals surface area (Å²) in [7, 11) is 0. The predicted octanol–water partition coefficient (Wildman–Crippen LogP) is 8.48. The maximum Gasteiger partial charge on any atom is 0.389 e. The molecule has 0 N–H and O–H groups in total. The fourth-order valence-corrected chi connectivity index (χ4v) is 3.33. The Morgan fingerprint density at radius 1 is 0.560 bits per heavy atom. The minimum Gasteiger partial charge on any atom is -0.316 e. The van der Waals surface area contributed by atoms with Gasteiger partial charge in [0.25, 0.3) is 0 Å². The van der Waals surface area contributed by atoms with E-state index in [1.807, 2.05) is 6.26 Å². The van der Waals surface area contributed by atoms with E-state index in [0.717, 1.165) is 25.9 Å². The molecule has 0 atom stereocenters. The van der Waals surface area contributed by atoms with Gasteiger partial charge >= 0.3 is 6.18 Å². The van der Waals surface area contributed by atoms with Crippen LogP contribution in [0, 0.1) is 0 Å². The molecule has 0 saturated carbocycles. The molecular weight excluding hydrogens is 345 g/mol. The van der Waals surface area contributed by atoms with E-state index < -0.39 is 12.6 Å². The molecule has 0 amide bonds. The summed E-state index contributed by atoms with van der Waals surface area (Å²) in [5.74, 6) is 0. The standard InChI is InChI=1S/C20H39F3OS/c1-25-24-19-17-15-13-11-9-7-5-3-2-4-6-8-10-12-14-16-18-20(21,22)23/h2-19H2,1H3. The Balaban J connectivity index is 3.01. The molecule has 0 rings (SSSR count). The van der Waals surface area contributed by atoms with Crippen molar-refractivity contribution >= 4 is 12.0 Å². The SMILES string of the molecule is CSOCCCCCCCCCCCCCCCCCCC(F)(F)F. The highest BCUT2D eigenvalue weighted by atomic mass is 32.2. The monoisotopic (exact) mass is 384 g/mol. The van der Waals surface area contributed by atoms with Gasteiger partial charge in [0, 0.05) is 12.7 Å². The number of unbranched alkanes of at least 4 members (excludes halogenated alkanes) is 15. The summed E-state index contributed by atoms with van der Waals surface area (Å²) in [5, 5.41) is 0. The molecule has 152 valence electrons. The molecular formula is C20H39F3OS. The number of halogens is 3. The first-order valence-corrected chi connectivity index (χ1v) is 11.4. The number of hydrogen-bond donors (Lipinski definition) is 0. The molecule has 5 heteroatoms. The minimum absolute atomic E-state index is 0.301. The highest BCUT2D eigenvalue weighted by molar-refractivity contribution is 7.93. The largest absolute Gasteiger partial charge is 0.389 e. The maximum atomic E-state index is 12.0. The van der Waals surface area contributed by atoms with E-state index in [4.69, 9.17) is 4.18 Å². The van der Waals surface area contributed by atoms with Crippen LogP contribution in [0.5, 0.6) is 0 Å². The van der Waals surface area contributed by atoms with Crippen molar-refractivity contribution in [2.24, 2.45) is 0 Å². The smallest absolute Gasteiger partial charge is 0.316 e. The van der Waals surface area contributed by atoms with Gasteiger partial charge in [0.15, 0.2) is 0 Å². The zero-order valence-corrected chi connectivity index (χ0v) is 17.0. The second kappa shape index (κ2) is 18.9. The van der Waals surface area contributed by atoms with Gasteiger partial charge in [0.1, 0.15) is 0 Å². The summed E-state index contributed by atoms with van der Waals surface area (Å²) in [6, 6.07) is 0. The van der Waals surface area contributed by atoms with Crippen LogP contribution < -0.4 is 0 Å². The lowest BCUT2D eigenvalue weighted by Crippen LogP contribution is -2.06. The quantitative estimate of drug-likeness (QED) is 0.163. The fraction of sp³-hybridized carbons (Fsp3) is 1.00. The Morgan fingerprint density at radius 2 is 0.880 bits per heavy atom. The van der Waals surface area contributed by atoms with E-state index in [1.54, 1.807) is 0 Å². The molecule has 0 aliphatic heterocycles. The summed E-state index contributed by atoms with van der Waals surface area (Å²) in [6.45, 7) is 0.884. The third-order valence-corrected chi connectivity index (χ3v) is 4.96. The predicted molar refractivity (Wildman–Crippen MR) is 104 cm³/mol. The lowest BCUT2D eigenvalue weighted by atomic mass is 10.0. The Morgan fingerprint density at radius 3 is 1.20 bits per heavy atom. The molecule has 25 heavy (non-hydrogen) atoms. The Kier molecular flexibility index (Phi) is 19.0. The molecule has 0 bridgehead atoms. The summed E-state index contributed by atoms with van der Waals surface area (Å²) in [4.78, 5) is 0. The van der Waals surface area contributed by atoms with Gasteiger partial charge in [-0.3, -0.25) is 0 Å². The molecule has 0 aromatic rings. The first kappa shape index (κ1) is 25.1. The average Bonchev–Trinajstić information content (AvgIpc) is 2.56. The minimum atomic E-state index is -3.97. The molecule has 0 aliphatic carbocycles. The van der Waals surface area contributed by atoms with Crippen molar-refractivity contribution in [2.45, 2.75) is 115 Å². The third-order valence-electron chi connectivity index (χ3n) is 4.56. The molecule has 0 heterocycles. The molecule has 0 unspecified atom stereocenters. The van der Waals surface area contributed by atoms with E-state index in [1.165, 1.54) is 89.1 Å². The highest BCUT2D eigenvalue weighted by Crippen LogP contribution is 2.23. The van der Waals surface area contributed by atoms with Crippen LogP contribution >= 0.6 is 12.0 Å². The van der Waals surface area contributed by atoms with Gasteiger partial charge in [-0.15, -0.1) is 0 Å². The zero-order chi connectivity index (χ0) is 18.6. The van der Waals surface area contributed by atoms with Crippen molar-refractivity contribution < 1.29 is 17.4 Å².